The Bertz CT molecular complexity index is 277. The molecule has 4 heteroatoms. The second-order valence-electron chi connectivity index (χ2n) is 3.77. The van der Waals surface area contributed by atoms with Crippen molar-refractivity contribution < 1.29 is 9.53 Å². The lowest BCUT2D eigenvalue weighted by Gasteiger charge is -2.23. The van der Waals surface area contributed by atoms with E-state index in [2.05, 4.69) is 22.8 Å². The van der Waals surface area contributed by atoms with E-state index in [0.717, 1.165) is 6.54 Å². The summed E-state index contributed by atoms with van der Waals surface area (Å²) in [6.07, 6.45) is 4.31. The quantitative estimate of drug-likeness (QED) is 0.471. The number of hydrogen-bond acceptors (Lipinski definition) is 3. The monoisotopic (exact) mass is 180 g/mol. The minimum Gasteiger partial charge on any atom is -0.367 e. The van der Waals surface area contributed by atoms with E-state index in [9.17, 15) is 4.79 Å². The average molecular weight is 180 g/mol. The third-order valence-corrected chi connectivity index (χ3v) is 3.05. The SMILES string of the molecule is O=C1NCC2OC3C=CCNC3C12. The highest BCUT2D eigenvalue weighted by Gasteiger charge is 2.50. The Labute approximate surface area is 76.3 Å². The molecule has 0 aromatic heterocycles. The van der Waals surface area contributed by atoms with Crippen LogP contribution in [0.25, 0.3) is 0 Å². The van der Waals surface area contributed by atoms with E-state index in [1.165, 1.54) is 0 Å². The van der Waals surface area contributed by atoms with Crippen molar-refractivity contribution in [2.45, 2.75) is 18.2 Å². The van der Waals surface area contributed by atoms with Crippen LogP contribution in [0.1, 0.15) is 0 Å². The van der Waals surface area contributed by atoms with Crippen LogP contribution in [0.2, 0.25) is 0 Å². The van der Waals surface area contributed by atoms with E-state index in [-0.39, 0.29) is 30.1 Å². The zero-order valence-corrected chi connectivity index (χ0v) is 7.19. The van der Waals surface area contributed by atoms with Gasteiger partial charge in [0, 0.05) is 13.1 Å². The van der Waals surface area contributed by atoms with Gasteiger partial charge in [0.2, 0.25) is 5.91 Å². The van der Waals surface area contributed by atoms with Gasteiger partial charge in [0.05, 0.1) is 24.2 Å². The molecule has 2 fully saturated rings. The van der Waals surface area contributed by atoms with Gasteiger partial charge in [-0.2, -0.15) is 0 Å². The van der Waals surface area contributed by atoms with E-state index in [0.29, 0.717) is 6.54 Å². The highest BCUT2D eigenvalue weighted by atomic mass is 16.5. The maximum Gasteiger partial charge on any atom is 0.227 e. The number of carbonyl (C=O) groups is 1. The molecule has 0 radical (unpaired) electrons. The molecule has 13 heavy (non-hydrogen) atoms. The summed E-state index contributed by atoms with van der Waals surface area (Å²) in [6, 6.07) is 0.192. The Morgan fingerprint density at radius 1 is 1.54 bits per heavy atom. The largest absolute Gasteiger partial charge is 0.367 e. The van der Waals surface area contributed by atoms with Gasteiger partial charge in [0.25, 0.3) is 0 Å². The van der Waals surface area contributed by atoms with Crippen molar-refractivity contribution in [3.63, 3.8) is 0 Å². The third-order valence-electron chi connectivity index (χ3n) is 3.05. The van der Waals surface area contributed by atoms with Crippen LogP contribution in [-0.2, 0) is 9.53 Å². The van der Waals surface area contributed by atoms with Crippen LogP contribution in [0.4, 0.5) is 0 Å². The summed E-state index contributed by atoms with van der Waals surface area (Å²) >= 11 is 0. The number of ether oxygens (including phenoxy) is 1. The molecule has 3 aliphatic heterocycles. The molecule has 1 amide bonds. The van der Waals surface area contributed by atoms with E-state index in [1.807, 2.05) is 0 Å². The van der Waals surface area contributed by atoms with Gasteiger partial charge in [0.1, 0.15) is 0 Å². The van der Waals surface area contributed by atoms with Crippen LogP contribution in [0.3, 0.4) is 0 Å². The lowest BCUT2D eigenvalue weighted by molar-refractivity contribution is -0.123. The van der Waals surface area contributed by atoms with Gasteiger partial charge < -0.3 is 15.4 Å². The maximum absolute atomic E-state index is 11.5. The van der Waals surface area contributed by atoms with Gasteiger partial charge in [0.15, 0.2) is 0 Å². The molecule has 0 saturated carbocycles. The molecule has 3 heterocycles. The normalized spacial score (nSPS) is 47.2. The van der Waals surface area contributed by atoms with Gasteiger partial charge in [-0.25, -0.2) is 0 Å². The minimum absolute atomic E-state index is 0.0231. The number of hydrogen-bond donors (Lipinski definition) is 2. The predicted molar refractivity (Wildman–Crippen MR) is 46.1 cm³/mol. The van der Waals surface area contributed by atoms with Gasteiger partial charge in [-0.05, 0) is 0 Å². The van der Waals surface area contributed by atoms with Crippen molar-refractivity contribution in [2.24, 2.45) is 5.92 Å². The molecule has 0 spiro atoms. The Hall–Kier alpha value is -0.870. The first-order valence-electron chi connectivity index (χ1n) is 4.69. The summed E-state index contributed by atoms with van der Waals surface area (Å²) in [7, 11) is 0. The number of rotatable bonds is 0. The van der Waals surface area contributed by atoms with Gasteiger partial charge >= 0.3 is 0 Å². The van der Waals surface area contributed by atoms with Crippen molar-refractivity contribution in [1.82, 2.24) is 10.6 Å². The fourth-order valence-electron chi connectivity index (χ4n) is 2.45. The Balaban J connectivity index is 1.91. The Morgan fingerprint density at radius 3 is 3.38 bits per heavy atom. The van der Waals surface area contributed by atoms with Crippen LogP contribution >= 0.6 is 0 Å². The molecule has 4 unspecified atom stereocenters. The molecule has 4 atom stereocenters. The smallest absolute Gasteiger partial charge is 0.227 e. The fourth-order valence-corrected chi connectivity index (χ4v) is 2.45. The lowest BCUT2D eigenvalue weighted by Crippen LogP contribution is -2.46. The third kappa shape index (κ3) is 0.957. The van der Waals surface area contributed by atoms with Crippen molar-refractivity contribution in [3.8, 4) is 0 Å². The molecule has 2 saturated heterocycles. The molecule has 0 aromatic carbocycles. The summed E-state index contributed by atoms with van der Waals surface area (Å²) in [5, 5.41) is 6.14. The summed E-state index contributed by atoms with van der Waals surface area (Å²) < 4.78 is 5.73. The molecule has 0 aromatic rings. The van der Waals surface area contributed by atoms with Crippen LogP contribution in [0.15, 0.2) is 12.2 Å². The van der Waals surface area contributed by atoms with Crippen LogP contribution in [-0.4, -0.2) is 37.2 Å². The van der Waals surface area contributed by atoms with E-state index in [1.54, 1.807) is 0 Å². The lowest BCUT2D eigenvalue weighted by atomic mass is 9.94. The van der Waals surface area contributed by atoms with Gasteiger partial charge in [-0.1, -0.05) is 12.2 Å². The van der Waals surface area contributed by atoms with Crippen molar-refractivity contribution in [1.29, 1.82) is 0 Å². The molecule has 0 bridgehead atoms. The molecular formula is C9H12N2O2. The van der Waals surface area contributed by atoms with Crippen LogP contribution in [0, 0.1) is 5.92 Å². The standard InChI is InChI=1S/C9H12N2O2/c12-9-7-6(4-11-9)13-5-2-1-3-10-8(5)7/h1-2,5-8,10H,3-4H2,(H,11,12). The summed E-state index contributed by atoms with van der Waals surface area (Å²) in [6.45, 7) is 1.52. The van der Waals surface area contributed by atoms with E-state index >= 15 is 0 Å². The Morgan fingerprint density at radius 2 is 2.46 bits per heavy atom. The topological polar surface area (TPSA) is 50.4 Å². The maximum atomic E-state index is 11.5. The van der Waals surface area contributed by atoms with Crippen molar-refractivity contribution in [2.75, 3.05) is 13.1 Å². The van der Waals surface area contributed by atoms with Gasteiger partial charge in [-0.15, -0.1) is 0 Å². The molecule has 2 N–H and O–H groups in total. The first-order chi connectivity index (χ1) is 6.36. The fraction of sp³-hybridized carbons (Fsp3) is 0.667. The number of carbonyl (C=O) groups excluding carboxylic acids is 1. The van der Waals surface area contributed by atoms with Crippen LogP contribution < -0.4 is 10.6 Å². The first-order valence-corrected chi connectivity index (χ1v) is 4.69. The summed E-state index contributed by atoms with van der Waals surface area (Å²) in [5.74, 6) is 0.162. The van der Waals surface area contributed by atoms with E-state index < -0.39 is 0 Å². The van der Waals surface area contributed by atoms with Crippen molar-refractivity contribution in [3.05, 3.63) is 12.2 Å². The first kappa shape index (κ1) is 7.53. The van der Waals surface area contributed by atoms with Crippen molar-refractivity contribution >= 4 is 5.91 Å². The van der Waals surface area contributed by atoms with Gasteiger partial charge in [-0.3, -0.25) is 4.79 Å². The molecule has 3 rings (SSSR count). The summed E-state index contributed by atoms with van der Waals surface area (Å²) in [4.78, 5) is 11.5. The second kappa shape index (κ2) is 2.56. The Kier molecular flexibility index (Phi) is 1.48. The molecular weight excluding hydrogens is 168 g/mol. The number of nitrogens with one attached hydrogen (secondary N) is 2. The molecule has 3 aliphatic rings. The minimum atomic E-state index is 0.0231. The molecule has 70 valence electrons. The summed E-state index contributed by atoms with van der Waals surface area (Å²) in [5.41, 5.74) is 0. The second-order valence-corrected chi connectivity index (χ2v) is 3.77. The van der Waals surface area contributed by atoms with Crippen LogP contribution in [0.5, 0.6) is 0 Å². The van der Waals surface area contributed by atoms with E-state index in [4.69, 9.17) is 4.74 Å². The zero-order valence-electron chi connectivity index (χ0n) is 7.19. The highest BCUT2D eigenvalue weighted by molar-refractivity contribution is 5.83. The zero-order chi connectivity index (χ0) is 8.84. The molecule has 4 nitrogen and oxygen atoms in total. The number of fused-ring (bicyclic) bond motifs is 3. The number of amides is 1. The molecule has 0 aliphatic carbocycles. The predicted octanol–water partition coefficient (Wildman–Crippen LogP) is -0.972. The highest BCUT2D eigenvalue weighted by Crippen LogP contribution is 2.32. The average Bonchev–Trinajstić information content (AvgIpc) is 2.66.